The fourth-order valence-corrected chi connectivity index (χ4v) is 4.07. The molecule has 2 aromatic carbocycles. The van der Waals surface area contributed by atoms with Gasteiger partial charge in [0.1, 0.15) is 5.75 Å². The van der Waals surface area contributed by atoms with E-state index in [9.17, 15) is 4.79 Å². The van der Waals surface area contributed by atoms with E-state index in [1.807, 2.05) is 68.9 Å². The fraction of sp³-hybridized carbons (Fsp3) is 0.280. The number of benzene rings is 2. The Kier molecular flexibility index (Phi) is 5.55. The van der Waals surface area contributed by atoms with Crippen LogP contribution < -0.4 is 10.1 Å². The Bertz CT molecular complexity index is 1230. The number of carbonyl (C=O) groups is 1. The molecule has 160 valence electrons. The average molecular weight is 417 g/mol. The highest BCUT2D eigenvalue weighted by Gasteiger charge is 2.15. The van der Waals surface area contributed by atoms with Crippen LogP contribution in [0, 0.1) is 13.8 Å². The first-order valence-electron chi connectivity index (χ1n) is 10.4. The lowest BCUT2D eigenvalue weighted by molar-refractivity contribution is 0.0940. The summed E-state index contributed by atoms with van der Waals surface area (Å²) in [6.45, 7) is 6.02. The van der Waals surface area contributed by atoms with Crippen molar-refractivity contribution in [1.29, 1.82) is 0 Å². The van der Waals surface area contributed by atoms with Crippen LogP contribution in [0.15, 0.2) is 54.7 Å². The Labute approximate surface area is 182 Å². The Morgan fingerprint density at radius 3 is 2.52 bits per heavy atom. The van der Waals surface area contributed by atoms with Crippen molar-refractivity contribution in [3.05, 3.63) is 77.2 Å². The van der Waals surface area contributed by atoms with Gasteiger partial charge in [0.15, 0.2) is 0 Å². The number of carbonyl (C=O) groups excluding carboxylic acids is 1. The van der Waals surface area contributed by atoms with Gasteiger partial charge in [-0.05, 0) is 81.3 Å². The third-order valence-corrected chi connectivity index (χ3v) is 5.57. The Balaban J connectivity index is 1.46. The maximum absolute atomic E-state index is 12.8. The zero-order chi connectivity index (χ0) is 22.1. The molecule has 2 heterocycles. The Morgan fingerprint density at radius 1 is 1.13 bits per heavy atom. The molecular weight excluding hydrogens is 388 g/mol. The predicted molar refractivity (Wildman–Crippen MR) is 123 cm³/mol. The highest BCUT2D eigenvalue weighted by molar-refractivity contribution is 5.94. The first-order chi connectivity index (χ1) is 14.9. The van der Waals surface area contributed by atoms with E-state index in [0.29, 0.717) is 5.56 Å². The van der Waals surface area contributed by atoms with Crippen LogP contribution in [0.1, 0.15) is 34.2 Å². The molecule has 2 aromatic heterocycles. The van der Waals surface area contributed by atoms with E-state index in [4.69, 9.17) is 4.74 Å². The molecule has 0 radical (unpaired) electrons. The van der Waals surface area contributed by atoms with Crippen LogP contribution in [0.5, 0.6) is 5.75 Å². The van der Waals surface area contributed by atoms with Crippen molar-refractivity contribution in [3.63, 3.8) is 0 Å². The van der Waals surface area contributed by atoms with Crippen molar-refractivity contribution in [1.82, 2.24) is 19.7 Å². The third-order valence-electron chi connectivity index (χ3n) is 5.57. The monoisotopic (exact) mass is 416 g/mol. The molecule has 0 saturated heterocycles. The normalized spacial score (nSPS) is 12.2. The second-order valence-electron chi connectivity index (χ2n) is 8.11. The first kappa shape index (κ1) is 20.7. The van der Waals surface area contributed by atoms with Crippen LogP contribution in [0.2, 0.25) is 0 Å². The van der Waals surface area contributed by atoms with Crippen molar-refractivity contribution in [3.8, 4) is 11.4 Å². The van der Waals surface area contributed by atoms with Crippen molar-refractivity contribution in [2.24, 2.45) is 7.05 Å². The molecule has 6 heteroatoms. The Morgan fingerprint density at radius 2 is 1.87 bits per heavy atom. The van der Waals surface area contributed by atoms with E-state index in [1.54, 1.807) is 7.11 Å². The lowest BCUT2D eigenvalue weighted by atomic mass is 10.1. The van der Waals surface area contributed by atoms with Crippen LogP contribution in [-0.4, -0.2) is 33.4 Å². The number of aryl methyl sites for hydroxylation is 3. The number of aromatic nitrogens is 3. The van der Waals surface area contributed by atoms with Gasteiger partial charge in [0, 0.05) is 41.4 Å². The van der Waals surface area contributed by atoms with Gasteiger partial charge in [0.05, 0.1) is 18.5 Å². The molecule has 4 rings (SSSR count). The van der Waals surface area contributed by atoms with Gasteiger partial charge >= 0.3 is 0 Å². The minimum Gasteiger partial charge on any atom is -0.497 e. The summed E-state index contributed by atoms with van der Waals surface area (Å²) in [6, 6.07) is 15.6. The maximum Gasteiger partial charge on any atom is 0.251 e. The third kappa shape index (κ3) is 4.19. The number of nitrogens with one attached hydrogen (secondary N) is 1. The largest absolute Gasteiger partial charge is 0.497 e. The summed E-state index contributed by atoms with van der Waals surface area (Å²) in [5.41, 5.74) is 5.95. The number of hydrogen-bond acceptors (Lipinski definition) is 3. The molecule has 1 amide bonds. The molecule has 1 N–H and O–H groups in total. The van der Waals surface area contributed by atoms with Crippen LogP contribution in [0.3, 0.4) is 0 Å². The van der Waals surface area contributed by atoms with Crippen LogP contribution in [0.25, 0.3) is 16.6 Å². The molecule has 1 atom stereocenters. The number of rotatable bonds is 6. The Hall–Kier alpha value is -3.54. The molecule has 0 aliphatic heterocycles. The van der Waals surface area contributed by atoms with Crippen molar-refractivity contribution in [2.75, 3.05) is 7.11 Å². The van der Waals surface area contributed by atoms with Gasteiger partial charge in [-0.15, -0.1) is 0 Å². The number of nitrogens with zero attached hydrogens (tertiary/aromatic N) is 3. The van der Waals surface area contributed by atoms with Gasteiger partial charge < -0.3 is 14.6 Å². The lowest BCUT2D eigenvalue weighted by Gasteiger charge is -2.14. The highest BCUT2D eigenvalue weighted by Crippen LogP contribution is 2.26. The van der Waals surface area contributed by atoms with Gasteiger partial charge in [-0.25, -0.2) is 4.68 Å². The molecule has 0 spiro atoms. The molecule has 0 saturated carbocycles. The van der Waals surface area contributed by atoms with E-state index >= 15 is 0 Å². The second-order valence-corrected chi connectivity index (χ2v) is 8.11. The van der Waals surface area contributed by atoms with Crippen LogP contribution >= 0.6 is 0 Å². The molecule has 4 aromatic rings. The van der Waals surface area contributed by atoms with Gasteiger partial charge in [0.2, 0.25) is 0 Å². The second kappa shape index (κ2) is 8.30. The molecular formula is C25H28N4O2. The topological polar surface area (TPSA) is 61.1 Å². The van der Waals surface area contributed by atoms with E-state index in [1.165, 1.54) is 5.56 Å². The molecule has 0 unspecified atom stereocenters. The van der Waals surface area contributed by atoms with E-state index in [-0.39, 0.29) is 11.9 Å². The SMILES string of the molecule is COc1ccc2c(c1)c(C[C@@H](C)NC(=O)c1ccc(-n3nc(C)cc3C)cc1)cn2C. The standard InChI is InChI=1S/C25H28N4O2/c1-16(13-20-15-28(4)24-11-10-22(31-5)14-23(20)24)26-25(30)19-6-8-21(9-7-19)29-18(3)12-17(2)27-29/h6-12,14-16H,13H2,1-5H3,(H,26,30)/t16-/m1/s1. The fourth-order valence-electron chi connectivity index (χ4n) is 4.07. The summed E-state index contributed by atoms with van der Waals surface area (Å²) in [4.78, 5) is 12.8. The van der Waals surface area contributed by atoms with Crippen molar-refractivity contribution >= 4 is 16.8 Å². The summed E-state index contributed by atoms with van der Waals surface area (Å²) < 4.78 is 9.37. The van der Waals surface area contributed by atoms with E-state index < -0.39 is 0 Å². The molecule has 0 bridgehead atoms. The van der Waals surface area contributed by atoms with Crippen molar-refractivity contribution in [2.45, 2.75) is 33.2 Å². The zero-order valence-electron chi connectivity index (χ0n) is 18.6. The first-order valence-corrected chi connectivity index (χ1v) is 10.4. The molecule has 0 fully saturated rings. The lowest BCUT2D eigenvalue weighted by Crippen LogP contribution is -2.34. The van der Waals surface area contributed by atoms with Gasteiger partial charge in [-0.2, -0.15) is 5.10 Å². The molecule has 31 heavy (non-hydrogen) atoms. The van der Waals surface area contributed by atoms with E-state index in [2.05, 4.69) is 33.3 Å². The quantitative estimate of drug-likeness (QED) is 0.508. The number of hydrogen-bond donors (Lipinski definition) is 1. The molecule has 6 nitrogen and oxygen atoms in total. The summed E-state index contributed by atoms with van der Waals surface area (Å²) >= 11 is 0. The zero-order valence-corrected chi connectivity index (χ0v) is 18.6. The predicted octanol–water partition coefficient (Wildman–Crippen LogP) is 4.35. The summed E-state index contributed by atoms with van der Waals surface area (Å²) in [7, 11) is 3.71. The molecule has 0 aliphatic rings. The summed E-state index contributed by atoms with van der Waals surface area (Å²) in [6.07, 6.45) is 2.86. The van der Waals surface area contributed by atoms with Gasteiger partial charge in [0.25, 0.3) is 5.91 Å². The number of amides is 1. The summed E-state index contributed by atoms with van der Waals surface area (Å²) in [5, 5.41) is 8.76. The minimum absolute atomic E-state index is 0.0139. The highest BCUT2D eigenvalue weighted by atomic mass is 16.5. The summed E-state index contributed by atoms with van der Waals surface area (Å²) in [5.74, 6) is 0.754. The van der Waals surface area contributed by atoms with Crippen LogP contribution in [0.4, 0.5) is 0 Å². The number of fused-ring (bicyclic) bond motifs is 1. The van der Waals surface area contributed by atoms with Crippen molar-refractivity contribution < 1.29 is 9.53 Å². The molecule has 0 aliphatic carbocycles. The maximum atomic E-state index is 12.8. The minimum atomic E-state index is -0.0785. The van der Waals surface area contributed by atoms with Gasteiger partial charge in [-0.1, -0.05) is 0 Å². The van der Waals surface area contributed by atoms with Gasteiger partial charge in [-0.3, -0.25) is 4.79 Å². The number of ether oxygens (including phenoxy) is 1. The average Bonchev–Trinajstić information content (AvgIpc) is 3.25. The smallest absolute Gasteiger partial charge is 0.251 e. The van der Waals surface area contributed by atoms with Crippen LogP contribution in [-0.2, 0) is 13.5 Å². The van der Waals surface area contributed by atoms with E-state index in [0.717, 1.165) is 40.1 Å². The number of methoxy groups -OCH3 is 1.